The molecule has 2 aromatic rings. The highest BCUT2D eigenvalue weighted by Crippen LogP contribution is 2.26. The highest BCUT2D eigenvalue weighted by molar-refractivity contribution is 7.49. The summed E-state index contributed by atoms with van der Waals surface area (Å²) in [7, 11) is -1.66. The van der Waals surface area contributed by atoms with E-state index in [4.69, 9.17) is 15.2 Å². The topological polar surface area (TPSA) is 137 Å². The van der Waals surface area contributed by atoms with Crippen molar-refractivity contribution in [2.75, 3.05) is 18.7 Å². The molecule has 3 unspecified atom stereocenters. The Bertz CT molecular complexity index is 756. The van der Waals surface area contributed by atoms with Crippen LogP contribution < -0.4 is 10.8 Å². The molecule has 2 rings (SSSR count). The second-order valence-corrected chi connectivity index (χ2v) is 8.02. The van der Waals surface area contributed by atoms with Crippen LogP contribution in [0.4, 0.5) is 5.82 Å². The number of nitrogens with zero attached hydrogens (tertiary/aromatic N) is 4. The van der Waals surface area contributed by atoms with Crippen molar-refractivity contribution < 1.29 is 19.2 Å². The van der Waals surface area contributed by atoms with Crippen LogP contribution >= 0.6 is 8.30 Å². The lowest BCUT2D eigenvalue weighted by atomic mass is 10.2. The zero-order chi connectivity index (χ0) is 20.0. The van der Waals surface area contributed by atoms with E-state index in [1.54, 1.807) is 13.3 Å². The van der Waals surface area contributed by atoms with Gasteiger partial charge in [0.05, 0.1) is 25.6 Å². The third kappa shape index (κ3) is 6.35. The molecule has 27 heavy (non-hydrogen) atoms. The standard InChI is InChI=1S/C16H27N6O4P/c1-10(2)6-25-16(23)12(4)21-27(24)9-26-11(3)5-22-8-20-13-14(17)18-7-19-15(13)22/h7-8,10-12,21,24H,5-6,9H2,1-4H3,(H2,17,18,19). The number of hydrogen-bond donors (Lipinski definition) is 3. The summed E-state index contributed by atoms with van der Waals surface area (Å²) in [6.45, 7) is 8.29. The van der Waals surface area contributed by atoms with Crippen LogP contribution in [0.3, 0.4) is 0 Å². The van der Waals surface area contributed by atoms with E-state index in [0.717, 1.165) is 0 Å². The van der Waals surface area contributed by atoms with Crippen molar-refractivity contribution in [3.05, 3.63) is 12.7 Å². The largest absolute Gasteiger partial charge is 0.464 e. The van der Waals surface area contributed by atoms with Crippen molar-refractivity contribution >= 4 is 31.3 Å². The van der Waals surface area contributed by atoms with Gasteiger partial charge >= 0.3 is 5.97 Å². The van der Waals surface area contributed by atoms with Gasteiger partial charge in [0.1, 0.15) is 32.5 Å². The maximum atomic E-state index is 11.8. The van der Waals surface area contributed by atoms with Crippen molar-refractivity contribution in [3.8, 4) is 0 Å². The minimum atomic E-state index is -1.66. The van der Waals surface area contributed by atoms with Crippen molar-refractivity contribution in [2.45, 2.75) is 46.4 Å². The molecule has 2 heterocycles. The normalized spacial score (nSPS) is 15.0. The Kier molecular flexibility index (Phi) is 7.85. The Balaban J connectivity index is 1.78. The lowest BCUT2D eigenvalue weighted by Gasteiger charge is -2.20. The first kappa shape index (κ1) is 21.4. The van der Waals surface area contributed by atoms with Crippen molar-refractivity contribution in [1.82, 2.24) is 24.6 Å². The number of aromatic nitrogens is 4. The molecule has 0 amide bonds. The quantitative estimate of drug-likeness (QED) is 0.399. The molecule has 3 atom stereocenters. The molecule has 0 aromatic carbocycles. The highest BCUT2D eigenvalue weighted by atomic mass is 31.2. The number of carbonyl (C=O) groups is 1. The third-order valence-corrected chi connectivity index (χ3v) is 4.70. The van der Waals surface area contributed by atoms with Gasteiger partial charge in [-0.2, -0.15) is 0 Å². The number of esters is 1. The Morgan fingerprint density at radius 1 is 1.33 bits per heavy atom. The summed E-state index contributed by atoms with van der Waals surface area (Å²) in [6.07, 6.45) is 2.89. The predicted molar refractivity (Wildman–Crippen MR) is 103 cm³/mol. The van der Waals surface area contributed by atoms with E-state index in [-0.39, 0.29) is 24.3 Å². The van der Waals surface area contributed by atoms with Crippen LogP contribution in [-0.4, -0.2) is 55.5 Å². The molecule has 0 spiro atoms. The average molecular weight is 398 g/mol. The van der Waals surface area contributed by atoms with Crippen molar-refractivity contribution in [3.63, 3.8) is 0 Å². The lowest BCUT2D eigenvalue weighted by molar-refractivity contribution is -0.146. The number of nitrogens with two attached hydrogens (primary N) is 1. The molecule has 0 radical (unpaired) electrons. The fourth-order valence-electron chi connectivity index (χ4n) is 2.25. The van der Waals surface area contributed by atoms with Crippen LogP contribution in [0.25, 0.3) is 11.2 Å². The molecule has 150 valence electrons. The van der Waals surface area contributed by atoms with E-state index >= 15 is 0 Å². The summed E-state index contributed by atoms with van der Waals surface area (Å²) in [6, 6.07) is -0.601. The molecule has 0 aliphatic carbocycles. The first-order valence-electron chi connectivity index (χ1n) is 8.70. The number of rotatable bonds is 10. The van der Waals surface area contributed by atoms with Crippen LogP contribution in [-0.2, 0) is 20.8 Å². The molecule has 11 heteroatoms. The summed E-state index contributed by atoms with van der Waals surface area (Å²) in [5.41, 5.74) is 6.95. The van der Waals surface area contributed by atoms with Crippen LogP contribution in [0.15, 0.2) is 12.7 Å². The first-order chi connectivity index (χ1) is 12.8. The van der Waals surface area contributed by atoms with Crippen LogP contribution in [0.2, 0.25) is 0 Å². The van der Waals surface area contributed by atoms with Crippen molar-refractivity contribution in [2.24, 2.45) is 5.92 Å². The Hall–Kier alpha value is -1.87. The Labute approximate surface area is 159 Å². The van der Waals surface area contributed by atoms with Gasteiger partial charge in [-0.15, -0.1) is 0 Å². The number of imidazole rings is 1. The summed E-state index contributed by atoms with van der Waals surface area (Å²) < 4.78 is 12.6. The highest BCUT2D eigenvalue weighted by Gasteiger charge is 2.19. The van der Waals surface area contributed by atoms with E-state index in [1.807, 2.05) is 25.3 Å². The molecule has 0 aliphatic heterocycles. The number of anilines is 1. The lowest BCUT2D eigenvalue weighted by Crippen LogP contribution is -2.33. The van der Waals surface area contributed by atoms with Gasteiger partial charge in [-0.25, -0.2) is 15.0 Å². The molecule has 0 saturated heterocycles. The smallest absolute Gasteiger partial charge is 0.323 e. The Morgan fingerprint density at radius 2 is 2.07 bits per heavy atom. The van der Waals surface area contributed by atoms with E-state index in [2.05, 4.69) is 20.0 Å². The minimum absolute atomic E-state index is 0.0854. The molecular weight excluding hydrogens is 371 g/mol. The van der Waals surface area contributed by atoms with Crippen LogP contribution in [0.5, 0.6) is 0 Å². The van der Waals surface area contributed by atoms with Gasteiger partial charge in [-0.05, 0) is 19.8 Å². The zero-order valence-electron chi connectivity index (χ0n) is 16.0. The number of fused-ring (bicyclic) bond motifs is 1. The number of carbonyl (C=O) groups excluding carboxylic acids is 1. The van der Waals surface area contributed by atoms with E-state index in [0.29, 0.717) is 30.1 Å². The van der Waals surface area contributed by atoms with Gasteiger partial charge < -0.3 is 24.7 Å². The van der Waals surface area contributed by atoms with Gasteiger partial charge in [0.2, 0.25) is 0 Å². The summed E-state index contributed by atoms with van der Waals surface area (Å²) in [5.74, 6) is 0.204. The van der Waals surface area contributed by atoms with Crippen molar-refractivity contribution in [1.29, 1.82) is 0 Å². The summed E-state index contributed by atoms with van der Waals surface area (Å²) in [5, 5.41) is 2.82. The average Bonchev–Trinajstić information content (AvgIpc) is 3.02. The molecule has 0 saturated carbocycles. The molecule has 0 aliphatic rings. The fourth-order valence-corrected chi connectivity index (χ4v) is 3.27. The van der Waals surface area contributed by atoms with E-state index in [1.165, 1.54) is 6.33 Å². The molecule has 2 aromatic heterocycles. The molecule has 0 bridgehead atoms. The number of nitrogen functional groups attached to an aromatic ring is 1. The fraction of sp³-hybridized carbons (Fsp3) is 0.625. The second-order valence-electron chi connectivity index (χ2n) is 6.71. The minimum Gasteiger partial charge on any atom is -0.464 e. The van der Waals surface area contributed by atoms with Gasteiger partial charge in [-0.3, -0.25) is 9.88 Å². The number of hydrogen-bond acceptors (Lipinski definition) is 9. The zero-order valence-corrected chi connectivity index (χ0v) is 16.9. The molecular formula is C16H27N6O4P. The number of ether oxygens (including phenoxy) is 2. The summed E-state index contributed by atoms with van der Waals surface area (Å²) in [4.78, 5) is 34.2. The third-order valence-electron chi connectivity index (χ3n) is 3.62. The number of nitrogens with one attached hydrogen (secondary N) is 1. The van der Waals surface area contributed by atoms with Crippen LogP contribution in [0, 0.1) is 5.92 Å². The molecule has 4 N–H and O–H groups in total. The maximum absolute atomic E-state index is 11.8. The molecule has 10 nitrogen and oxygen atoms in total. The van der Waals surface area contributed by atoms with Crippen LogP contribution in [0.1, 0.15) is 27.7 Å². The first-order valence-corrected chi connectivity index (χ1v) is 10.2. The van der Waals surface area contributed by atoms with Gasteiger partial charge in [-0.1, -0.05) is 13.8 Å². The van der Waals surface area contributed by atoms with E-state index < -0.39 is 14.3 Å². The Morgan fingerprint density at radius 3 is 2.78 bits per heavy atom. The van der Waals surface area contributed by atoms with Gasteiger partial charge in [0.15, 0.2) is 11.5 Å². The predicted octanol–water partition coefficient (Wildman–Crippen LogP) is 1.25. The SMILES string of the molecule is CC(C)COC(=O)C(C)NP(O)COC(C)Cn1cnc2c(N)ncnc21. The van der Waals surface area contributed by atoms with E-state index in [9.17, 15) is 9.69 Å². The monoisotopic (exact) mass is 398 g/mol. The van der Waals surface area contributed by atoms with Gasteiger partial charge in [0, 0.05) is 0 Å². The maximum Gasteiger partial charge on any atom is 0.323 e. The van der Waals surface area contributed by atoms with Gasteiger partial charge in [0.25, 0.3) is 0 Å². The second kappa shape index (κ2) is 9.89. The molecule has 0 fully saturated rings. The summed E-state index contributed by atoms with van der Waals surface area (Å²) >= 11 is 0.